The second-order valence-corrected chi connectivity index (χ2v) is 9.16. The van der Waals surface area contributed by atoms with E-state index in [1.807, 2.05) is 62.4 Å². The number of nitrogens with zero attached hydrogens (tertiary/aromatic N) is 4. The van der Waals surface area contributed by atoms with Crippen LogP contribution in [0.1, 0.15) is 32.3 Å². The molecule has 1 aliphatic heterocycles. The van der Waals surface area contributed by atoms with Crippen molar-refractivity contribution in [1.29, 1.82) is 0 Å². The number of anilines is 1. The van der Waals surface area contributed by atoms with E-state index in [2.05, 4.69) is 15.2 Å². The average Bonchev–Trinajstić information content (AvgIpc) is 3.29. The lowest BCUT2D eigenvalue weighted by atomic mass is 10.1. The monoisotopic (exact) mass is 492 g/mol. The normalized spacial score (nSPS) is 14.7. The highest BCUT2D eigenvalue weighted by Gasteiger charge is 2.37. The second-order valence-electron chi connectivity index (χ2n) is 7.49. The van der Waals surface area contributed by atoms with Crippen molar-refractivity contribution in [1.82, 2.24) is 15.2 Å². The van der Waals surface area contributed by atoms with Crippen molar-refractivity contribution < 1.29 is 13.9 Å². The maximum Gasteiger partial charge on any atom is 0.247 e. The van der Waals surface area contributed by atoms with Crippen LogP contribution in [0.5, 0.6) is 5.88 Å². The third kappa shape index (κ3) is 4.15. The lowest BCUT2D eigenvalue weighted by molar-refractivity contribution is -0.120. The van der Waals surface area contributed by atoms with Crippen LogP contribution in [0.2, 0.25) is 5.02 Å². The van der Waals surface area contributed by atoms with Gasteiger partial charge in [0.2, 0.25) is 23.2 Å². The number of hydrogen-bond donors (Lipinski definition) is 0. The van der Waals surface area contributed by atoms with E-state index < -0.39 is 6.23 Å². The molecule has 7 nitrogen and oxygen atoms in total. The number of para-hydroxylation sites is 1. The molecule has 0 radical (unpaired) electrons. The van der Waals surface area contributed by atoms with Crippen LogP contribution in [0.15, 0.2) is 70.2 Å². The molecule has 1 aliphatic rings. The smallest absolute Gasteiger partial charge is 0.247 e. The number of rotatable bonds is 5. The molecule has 1 amide bonds. The van der Waals surface area contributed by atoms with E-state index in [1.54, 1.807) is 17.0 Å². The van der Waals surface area contributed by atoms with E-state index in [0.717, 1.165) is 16.9 Å². The highest BCUT2D eigenvalue weighted by Crippen LogP contribution is 2.44. The third-order valence-electron chi connectivity index (χ3n) is 5.36. The van der Waals surface area contributed by atoms with Crippen LogP contribution in [-0.4, -0.2) is 26.8 Å². The van der Waals surface area contributed by atoms with Crippen LogP contribution in [0, 0.1) is 0 Å². The predicted octanol–water partition coefficient (Wildman–Crippen LogP) is 6.40. The Morgan fingerprint density at radius 2 is 1.85 bits per heavy atom. The fourth-order valence-electron chi connectivity index (χ4n) is 3.78. The molecule has 0 saturated carbocycles. The topological polar surface area (TPSA) is 81.3 Å². The highest BCUT2D eigenvalue weighted by molar-refractivity contribution is 7.99. The summed E-state index contributed by atoms with van der Waals surface area (Å²) in [6.07, 6.45) is -0.585. The molecule has 1 atom stereocenters. The van der Waals surface area contributed by atoms with Crippen molar-refractivity contribution in [2.24, 2.45) is 0 Å². The first-order valence-electron chi connectivity index (χ1n) is 10.9. The number of carbonyl (C=O) groups excluding carboxylic acids is 1. The van der Waals surface area contributed by atoms with Gasteiger partial charge in [0.15, 0.2) is 11.5 Å². The van der Waals surface area contributed by atoms with Gasteiger partial charge in [0.05, 0.1) is 5.69 Å². The minimum Gasteiger partial charge on any atom is -0.455 e. The van der Waals surface area contributed by atoms with E-state index in [0.29, 0.717) is 39.0 Å². The summed E-state index contributed by atoms with van der Waals surface area (Å²) in [5.74, 6) is 2.09. The van der Waals surface area contributed by atoms with Crippen molar-refractivity contribution in [2.75, 3.05) is 10.7 Å². The van der Waals surface area contributed by atoms with Crippen LogP contribution in [0.3, 0.4) is 0 Å². The molecular formula is C25H21ClN4O3S. The minimum atomic E-state index is -0.868. The summed E-state index contributed by atoms with van der Waals surface area (Å²) in [5.41, 5.74) is 2.73. The van der Waals surface area contributed by atoms with Gasteiger partial charge in [-0.05, 0) is 48.2 Å². The summed E-state index contributed by atoms with van der Waals surface area (Å²) in [4.78, 5) is 19.4. The fraction of sp³-hybridized carbons (Fsp3) is 0.200. The van der Waals surface area contributed by atoms with E-state index in [4.69, 9.17) is 20.8 Å². The van der Waals surface area contributed by atoms with Gasteiger partial charge in [-0.15, -0.1) is 10.2 Å². The van der Waals surface area contributed by atoms with Crippen LogP contribution in [0.4, 0.5) is 5.69 Å². The van der Waals surface area contributed by atoms with E-state index >= 15 is 0 Å². The van der Waals surface area contributed by atoms with Gasteiger partial charge in [-0.2, -0.15) is 4.98 Å². The summed E-state index contributed by atoms with van der Waals surface area (Å²) >= 11 is 7.50. The molecule has 4 aromatic rings. The molecule has 0 aliphatic carbocycles. The number of halogens is 1. The van der Waals surface area contributed by atoms with Crippen LogP contribution >= 0.6 is 23.4 Å². The molecule has 0 unspecified atom stereocenters. The van der Waals surface area contributed by atoms with Crippen molar-refractivity contribution in [2.45, 2.75) is 31.7 Å². The van der Waals surface area contributed by atoms with E-state index in [9.17, 15) is 4.79 Å². The number of hydrogen-bond acceptors (Lipinski definition) is 7. The standard InChI is InChI=1S/C25H21ClN4O3S/c1-3-21(31)30-18-8-6-5-7-17(18)22-23(27-25(29-28-22)34-4-2)33-24(30)20-14-13-19(32-20)15-9-11-16(26)12-10-15/h5-14,24H,3-4H2,1-2H3/t24-/m1/s1. The Morgan fingerprint density at radius 3 is 2.62 bits per heavy atom. The molecule has 2 aromatic carbocycles. The molecule has 3 heterocycles. The molecule has 34 heavy (non-hydrogen) atoms. The van der Waals surface area contributed by atoms with E-state index in [1.165, 1.54) is 11.8 Å². The summed E-state index contributed by atoms with van der Waals surface area (Å²) in [7, 11) is 0. The SMILES string of the molecule is CCSc1nnc2c(n1)O[C@H](c1ccc(-c3ccc(Cl)cc3)o1)N(C(=O)CC)c1ccccc1-2. The third-order valence-corrected chi connectivity index (χ3v) is 6.33. The Kier molecular flexibility index (Phi) is 6.26. The zero-order chi connectivity index (χ0) is 23.7. The number of carbonyl (C=O) groups is 1. The number of ether oxygens (including phenoxy) is 1. The van der Waals surface area contributed by atoms with Crippen LogP contribution < -0.4 is 9.64 Å². The summed E-state index contributed by atoms with van der Waals surface area (Å²) in [6.45, 7) is 3.83. The first-order valence-corrected chi connectivity index (χ1v) is 12.3. The Bertz CT molecular complexity index is 1340. The number of amides is 1. The molecule has 5 rings (SSSR count). The minimum absolute atomic E-state index is 0.120. The Balaban J connectivity index is 1.65. The maximum atomic E-state index is 13.2. The van der Waals surface area contributed by atoms with Gasteiger partial charge in [0.1, 0.15) is 5.76 Å². The van der Waals surface area contributed by atoms with Crippen LogP contribution in [-0.2, 0) is 4.79 Å². The molecule has 0 spiro atoms. The Hall–Kier alpha value is -3.36. The largest absolute Gasteiger partial charge is 0.455 e. The van der Waals surface area contributed by atoms with Crippen molar-refractivity contribution in [3.05, 3.63) is 71.4 Å². The summed E-state index contributed by atoms with van der Waals surface area (Å²) in [6, 6.07) is 18.5. The van der Waals surface area contributed by atoms with Gasteiger partial charge in [-0.25, -0.2) is 0 Å². The molecule has 0 bridgehead atoms. The Morgan fingerprint density at radius 1 is 1.06 bits per heavy atom. The summed E-state index contributed by atoms with van der Waals surface area (Å²) < 4.78 is 12.6. The lowest BCUT2D eigenvalue weighted by Crippen LogP contribution is -2.37. The quantitative estimate of drug-likeness (QED) is 0.298. The molecule has 9 heteroatoms. The highest BCUT2D eigenvalue weighted by atomic mass is 35.5. The van der Waals surface area contributed by atoms with Crippen molar-refractivity contribution in [3.63, 3.8) is 0 Å². The van der Waals surface area contributed by atoms with Crippen LogP contribution in [0.25, 0.3) is 22.6 Å². The lowest BCUT2D eigenvalue weighted by Gasteiger charge is -2.29. The van der Waals surface area contributed by atoms with Gasteiger partial charge in [0.25, 0.3) is 0 Å². The molecule has 2 aromatic heterocycles. The molecule has 0 N–H and O–H groups in total. The van der Waals surface area contributed by atoms with Gasteiger partial charge >= 0.3 is 0 Å². The van der Waals surface area contributed by atoms with Crippen molar-refractivity contribution in [3.8, 4) is 28.5 Å². The molecule has 0 saturated heterocycles. The van der Waals surface area contributed by atoms with Crippen molar-refractivity contribution >= 4 is 35.0 Å². The van der Waals surface area contributed by atoms with Gasteiger partial charge < -0.3 is 9.15 Å². The maximum absolute atomic E-state index is 13.2. The zero-order valence-corrected chi connectivity index (χ0v) is 20.1. The number of thioether (sulfide) groups is 1. The average molecular weight is 493 g/mol. The zero-order valence-electron chi connectivity index (χ0n) is 18.6. The van der Waals surface area contributed by atoms with Gasteiger partial charge in [-0.1, -0.05) is 55.4 Å². The first-order chi connectivity index (χ1) is 16.6. The summed E-state index contributed by atoms with van der Waals surface area (Å²) in [5, 5.41) is 9.80. The molecular weight excluding hydrogens is 472 g/mol. The number of benzene rings is 2. The molecule has 172 valence electrons. The number of aromatic nitrogens is 3. The molecule has 0 fully saturated rings. The van der Waals surface area contributed by atoms with Gasteiger partial charge in [0, 0.05) is 22.6 Å². The predicted molar refractivity (Wildman–Crippen MR) is 132 cm³/mol. The second kappa shape index (κ2) is 9.48. The number of furan rings is 1. The fourth-order valence-corrected chi connectivity index (χ4v) is 4.41. The number of fused-ring (bicyclic) bond motifs is 3. The Labute approximate surface area is 206 Å². The first kappa shape index (κ1) is 22.4. The van der Waals surface area contributed by atoms with Gasteiger partial charge in [-0.3, -0.25) is 9.69 Å². The van der Waals surface area contributed by atoms with E-state index in [-0.39, 0.29) is 12.3 Å².